The Morgan fingerprint density at radius 2 is 1.64 bits per heavy atom. The number of rotatable bonds is 5. The summed E-state index contributed by atoms with van der Waals surface area (Å²) in [5, 5.41) is 1.70. The highest BCUT2D eigenvalue weighted by atomic mass is 32.2. The van der Waals surface area contributed by atoms with Gasteiger partial charge in [0.25, 0.3) is 15.9 Å². The Morgan fingerprint density at radius 1 is 0.960 bits per heavy atom. The van der Waals surface area contributed by atoms with E-state index in [2.05, 4.69) is 4.72 Å². The van der Waals surface area contributed by atoms with E-state index in [4.69, 9.17) is 0 Å². The van der Waals surface area contributed by atoms with Gasteiger partial charge in [-0.3, -0.25) is 9.52 Å². The standard InChI is InChI=1S/C18H16N2O3S2/c1-20(16-6-3-2-4-7-16)18(21)14-9-11-15(12-10-14)19-25(22,23)17-8-5-13-24-17/h2-13,19H,1H3. The lowest BCUT2D eigenvalue weighted by Crippen LogP contribution is -2.26. The highest BCUT2D eigenvalue weighted by Crippen LogP contribution is 2.21. The van der Waals surface area contributed by atoms with Crippen LogP contribution in [0, 0.1) is 0 Å². The minimum Gasteiger partial charge on any atom is -0.311 e. The molecular formula is C18H16N2O3S2. The van der Waals surface area contributed by atoms with Crippen LogP contribution in [-0.2, 0) is 10.0 Å². The molecule has 1 aromatic heterocycles. The average Bonchev–Trinajstić information content (AvgIpc) is 3.17. The minimum absolute atomic E-state index is 0.168. The van der Waals surface area contributed by atoms with E-state index in [0.717, 1.165) is 17.0 Å². The topological polar surface area (TPSA) is 66.5 Å². The van der Waals surface area contributed by atoms with Crippen LogP contribution in [-0.4, -0.2) is 21.4 Å². The largest absolute Gasteiger partial charge is 0.311 e. The number of carbonyl (C=O) groups is 1. The maximum absolute atomic E-state index is 12.5. The summed E-state index contributed by atoms with van der Waals surface area (Å²) in [5.74, 6) is -0.168. The first-order valence-electron chi connectivity index (χ1n) is 7.47. The van der Waals surface area contributed by atoms with Crippen molar-refractivity contribution in [3.8, 4) is 0 Å². The highest BCUT2D eigenvalue weighted by Gasteiger charge is 2.16. The number of anilines is 2. The number of para-hydroxylation sites is 1. The molecule has 25 heavy (non-hydrogen) atoms. The van der Waals surface area contributed by atoms with E-state index in [0.29, 0.717) is 11.3 Å². The zero-order valence-corrected chi connectivity index (χ0v) is 15.0. The molecule has 3 aromatic rings. The quantitative estimate of drug-likeness (QED) is 0.740. The van der Waals surface area contributed by atoms with Crippen molar-refractivity contribution in [2.45, 2.75) is 4.21 Å². The molecule has 7 heteroatoms. The normalized spacial score (nSPS) is 11.1. The van der Waals surface area contributed by atoms with Gasteiger partial charge in [-0.25, -0.2) is 8.42 Å². The van der Waals surface area contributed by atoms with E-state index in [1.165, 1.54) is 0 Å². The summed E-state index contributed by atoms with van der Waals surface area (Å²) in [6.45, 7) is 0. The van der Waals surface area contributed by atoms with Crippen LogP contribution in [0.1, 0.15) is 10.4 Å². The first kappa shape index (κ1) is 17.2. The molecule has 128 valence electrons. The lowest BCUT2D eigenvalue weighted by molar-refractivity contribution is 0.0993. The Balaban J connectivity index is 1.75. The van der Waals surface area contributed by atoms with Gasteiger partial charge in [-0.2, -0.15) is 0 Å². The molecule has 0 spiro atoms. The fraction of sp³-hybridized carbons (Fsp3) is 0.0556. The fourth-order valence-electron chi connectivity index (χ4n) is 2.27. The highest BCUT2D eigenvalue weighted by molar-refractivity contribution is 7.94. The monoisotopic (exact) mass is 372 g/mol. The lowest BCUT2D eigenvalue weighted by atomic mass is 10.1. The molecule has 0 aliphatic heterocycles. The number of sulfonamides is 1. The Bertz CT molecular complexity index is 951. The van der Waals surface area contributed by atoms with E-state index in [9.17, 15) is 13.2 Å². The second-order valence-electron chi connectivity index (χ2n) is 5.31. The Morgan fingerprint density at radius 3 is 2.24 bits per heavy atom. The zero-order chi connectivity index (χ0) is 17.9. The number of hydrogen-bond donors (Lipinski definition) is 1. The van der Waals surface area contributed by atoms with Crippen LogP contribution in [0.5, 0.6) is 0 Å². The van der Waals surface area contributed by atoms with Crippen molar-refractivity contribution >= 4 is 38.6 Å². The first-order valence-corrected chi connectivity index (χ1v) is 9.83. The number of carbonyl (C=O) groups excluding carboxylic acids is 1. The predicted molar refractivity (Wildman–Crippen MR) is 101 cm³/mol. The third-order valence-electron chi connectivity index (χ3n) is 3.59. The second kappa shape index (κ2) is 7.08. The van der Waals surface area contributed by atoms with Gasteiger partial charge in [0.2, 0.25) is 0 Å². The third-order valence-corrected chi connectivity index (χ3v) is 6.37. The SMILES string of the molecule is CN(C(=O)c1ccc(NS(=O)(=O)c2cccs2)cc1)c1ccccc1. The lowest BCUT2D eigenvalue weighted by Gasteiger charge is -2.17. The minimum atomic E-state index is -3.59. The van der Waals surface area contributed by atoms with E-state index in [1.54, 1.807) is 53.7 Å². The Kier molecular flexibility index (Phi) is 4.87. The molecule has 0 atom stereocenters. The van der Waals surface area contributed by atoms with Crippen LogP contribution in [0.15, 0.2) is 76.3 Å². The van der Waals surface area contributed by atoms with E-state index in [1.807, 2.05) is 30.3 Å². The van der Waals surface area contributed by atoms with Gasteiger partial charge in [0.1, 0.15) is 4.21 Å². The van der Waals surface area contributed by atoms with Crippen molar-refractivity contribution in [2.24, 2.45) is 0 Å². The molecule has 0 aliphatic rings. The summed E-state index contributed by atoms with van der Waals surface area (Å²) in [6.07, 6.45) is 0. The van der Waals surface area contributed by atoms with Crippen molar-refractivity contribution in [2.75, 3.05) is 16.7 Å². The second-order valence-corrected chi connectivity index (χ2v) is 8.17. The number of hydrogen-bond acceptors (Lipinski definition) is 4. The van der Waals surface area contributed by atoms with Gasteiger partial charge in [0, 0.05) is 24.0 Å². The maximum atomic E-state index is 12.5. The number of nitrogens with one attached hydrogen (secondary N) is 1. The third kappa shape index (κ3) is 3.89. The van der Waals surface area contributed by atoms with Crippen LogP contribution < -0.4 is 9.62 Å². The predicted octanol–water partition coefficient (Wildman–Crippen LogP) is 3.83. The van der Waals surface area contributed by atoms with Gasteiger partial charge in [-0.1, -0.05) is 24.3 Å². The molecule has 2 aromatic carbocycles. The van der Waals surface area contributed by atoms with Gasteiger partial charge in [-0.05, 0) is 47.8 Å². The molecule has 0 radical (unpaired) electrons. The van der Waals surface area contributed by atoms with E-state index in [-0.39, 0.29) is 10.1 Å². The summed E-state index contributed by atoms with van der Waals surface area (Å²) in [4.78, 5) is 14.1. The summed E-state index contributed by atoms with van der Waals surface area (Å²) in [7, 11) is -1.89. The van der Waals surface area contributed by atoms with Gasteiger partial charge >= 0.3 is 0 Å². The van der Waals surface area contributed by atoms with Crippen molar-refractivity contribution in [1.29, 1.82) is 0 Å². The van der Waals surface area contributed by atoms with E-state index < -0.39 is 10.0 Å². The summed E-state index contributed by atoms with van der Waals surface area (Å²) >= 11 is 1.15. The van der Waals surface area contributed by atoms with E-state index >= 15 is 0 Å². The molecule has 0 unspecified atom stereocenters. The van der Waals surface area contributed by atoms with Gasteiger partial charge < -0.3 is 4.90 Å². The van der Waals surface area contributed by atoms with Crippen molar-refractivity contribution in [3.63, 3.8) is 0 Å². The van der Waals surface area contributed by atoms with Gasteiger partial charge in [0.15, 0.2) is 0 Å². The van der Waals surface area contributed by atoms with Gasteiger partial charge in [-0.15, -0.1) is 11.3 Å². The molecule has 0 aliphatic carbocycles. The van der Waals surface area contributed by atoms with Crippen molar-refractivity contribution in [1.82, 2.24) is 0 Å². The number of amides is 1. The molecule has 1 N–H and O–H groups in total. The average molecular weight is 372 g/mol. The van der Waals surface area contributed by atoms with Crippen LogP contribution in [0.2, 0.25) is 0 Å². The molecule has 0 saturated carbocycles. The van der Waals surface area contributed by atoms with Gasteiger partial charge in [0.05, 0.1) is 0 Å². The molecular weight excluding hydrogens is 356 g/mol. The van der Waals surface area contributed by atoms with Crippen LogP contribution in [0.25, 0.3) is 0 Å². The summed E-state index contributed by atoms with van der Waals surface area (Å²) < 4.78 is 27.1. The first-order chi connectivity index (χ1) is 12.0. The van der Waals surface area contributed by atoms with Crippen molar-refractivity contribution < 1.29 is 13.2 Å². The smallest absolute Gasteiger partial charge is 0.271 e. The molecule has 1 heterocycles. The van der Waals surface area contributed by atoms with Crippen LogP contribution in [0.3, 0.4) is 0 Å². The molecule has 0 fully saturated rings. The van der Waals surface area contributed by atoms with Crippen LogP contribution in [0.4, 0.5) is 11.4 Å². The molecule has 0 bridgehead atoms. The molecule has 1 amide bonds. The molecule has 0 saturated heterocycles. The maximum Gasteiger partial charge on any atom is 0.271 e. The van der Waals surface area contributed by atoms with Crippen molar-refractivity contribution in [3.05, 3.63) is 77.7 Å². The number of nitrogens with zero attached hydrogens (tertiary/aromatic N) is 1. The number of benzene rings is 2. The summed E-state index contributed by atoms with van der Waals surface area (Å²) in [5.41, 5.74) is 1.67. The van der Waals surface area contributed by atoms with Crippen LogP contribution >= 0.6 is 11.3 Å². The summed E-state index contributed by atoms with van der Waals surface area (Å²) in [6, 6.07) is 18.9. The molecule has 3 rings (SSSR count). The Hall–Kier alpha value is -2.64. The number of thiophene rings is 1. The fourth-order valence-corrected chi connectivity index (χ4v) is 4.32. The molecule has 5 nitrogen and oxygen atoms in total. The Labute approximate surface area is 150 Å². The zero-order valence-electron chi connectivity index (χ0n) is 13.4.